The Morgan fingerprint density at radius 1 is 0.434 bits per heavy atom. The van der Waals surface area contributed by atoms with Crippen LogP contribution in [0.15, 0.2) is 122 Å². The molecule has 3 fully saturated rings. The lowest BCUT2D eigenvalue weighted by atomic mass is 9.98. The van der Waals surface area contributed by atoms with Gasteiger partial charge in [-0.3, -0.25) is 82.7 Å². The molecule has 6 aromatic rings. The summed E-state index contributed by atoms with van der Waals surface area (Å²) >= 11 is 0. The van der Waals surface area contributed by atoms with Crippen molar-refractivity contribution in [3.63, 3.8) is 0 Å². The van der Waals surface area contributed by atoms with Crippen LogP contribution in [-0.2, 0) is 71.7 Å². The normalized spacial score (nSPS) is 27.7. The van der Waals surface area contributed by atoms with Gasteiger partial charge in [0.05, 0.1) is 58.9 Å². The molecule has 0 unspecified atom stereocenters. The molecule has 654 valence electrons. The van der Waals surface area contributed by atoms with Crippen LogP contribution >= 0.6 is 0 Å². The number of fused-ring (bicyclic) bond motifs is 12. The number of nitrogens with zero attached hydrogens (tertiary/aromatic N) is 6. The summed E-state index contributed by atoms with van der Waals surface area (Å²) < 4.78 is 22.9. The van der Waals surface area contributed by atoms with E-state index in [0.29, 0.717) is 88.9 Å². The third-order valence-electron chi connectivity index (χ3n) is 22.6. The molecule has 0 spiro atoms. The average Bonchev–Trinajstić information content (AvgIpc) is 0.941. The van der Waals surface area contributed by atoms with E-state index in [1.807, 2.05) is 145 Å². The highest BCUT2D eigenvalue weighted by atomic mass is 16.6. The molecule has 30 nitrogen and oxygen atoms in total. The molecule has 9 amide bonds. The van der Waals surface area contributed by atoms with Gasteiger partial charge in [0.25, 0.3) is 35.4 Å². The number of hydrazine groups is 3. The summed E-state index contributed by atoms with van der Waals surface area (Å²) in [5, 5.41) is 27.5. The number of benzene rings is 3. The second-order valence-corrected chi connectivity index (χ2v) is 33.6. The number of hydrogen-bond donors (Lipinski definition) is 9. The lowest BCUT2D eigenvalue weighted by Gasteiger charge is -2.35. The van der Waals surface area contributed by atoms with E-state index < -0.39 is 96.3 Å². The van der Waals surface area contributed by atoms with Crippen molar-refractivity contribution < 1.29 is 71.7 Å². The zero-order valence-corrected chi connectivity index (χ0v) is 72.7. The van der Waals surface area contributed by atoms with E-state index in [4.69, 9.17) is 18.9 Å². The van der Waals surface area contributed by atoms with E-state index >= 15 is 0 Å². The molecule has 122 heavy (non-hydrogen) atoms. The minimum absolute atomic E-state index is 0.140. The van der Waals surface area contributed by atoms with Crippen LogP contribution in [0.1, 0.15) is 213 Å². The van der Waals surface area contributed by atoms with Gasteiger partial charge < -0.3 is 50.8 Å². The van der Waals surface area contributed by atoms with E-state index in [2.05, 4.69) is 75.8 Å². The molecule has 3 saturated heterocycles. The SMILES string of the molecule is C=C1C/C=C/c2cc3cc(ccc3cn2)[C@@H](C)NC(=O)[C@@H]2CCCN(N2)C(=O)[C@H](C)NC(=O)[C@H](C(C)C)O1.CCC[C@@H]1C/C=C/c2cc3cc(ccc3cn2)[C@@H](C)NC(=O)[C@@H]2CCCN(N2)C(=O)[C@H](C)NC(=O)[C@H](C(C)C)OC1=O.CO[C@@H]1/C=C/c2cc3cc(ccc3cn2)[C@@H](C)NC(=O)[C@@H]2CCCN(N2)C(=O)[C@H](C)NC(=O)[C@H](C(C)C)OC(=O)[C@@H]1C. The largest absolute Gasteiger partial charge is 0.485 e. The molecule has 0 aliphatic carbocycles. The van der Waals surface area contributed by atoms with Crippen molar-refractivity contribution >= 4 is 116 Å². The van der Waals surface area contributed by atoms with Crippen LogP contribution in [0.5, 0.6) is 0 Å². The van der Waals surface area contributed by atoms with Crippen molar-refractivity contribution in [2.45, 2.75) is 240 Å². The maximum atomic E-state index is 13.3. The summed E-state index contributed by atoms with van der Waals surface area (Å²) in [5.74, 6) is -5.65. The van der Waals surface area contributed by atoms with Gasteiger partial charge in [0.1, 0.15) is 36.3 Å². The maximum absolute atomic E-state index is 13.3. The standard InChI is InChI=1S/C32H43N5O5.C31H41N5O6.C29H37N5O4/c1-6-9-22-10-7-11-26-17-25-16-23(13-14-24(25)18-33-26)20(4)34-29(38)27-12-8-15-37(36-27)31(40)21(5)35-30(39)28(19(2)3)42-32(22)41;1-17(2)27-29(38)34-20(5)30(39)36-13-7-8-25(35-36)28(37)33-19(4)21-9-10-22-16-32-24(15-23(22)14-21)11-12-26(41-6)18(3)31(40)42-27;1-17(2)26-28(36)32-20(5)29(37)34-13-7-10-25(33-34)27(35)31-19(4)21-11-12-22-16-30-24(15-23(22)14-21)9-6-8-18(3)38-26/h7,11,13-14,16-22,27-28,36H,6,8-10,12,15H2,1-5H3,(H,34,38)(H,35,39);9-12,14-20,25-27,35H,7-8,13H2,1-6H3,(H,33,37)(H,34,38);6,9,11-12,14-17,19-20,25-26,33H,3,7-8,10,13H2,1-2,4-5H3,(H,31,35)(H,32,36)/b11-7+;12-11+;9-6+/t20-,21+,22-,27+,28+;18-,19-,20+,25+,26-,27+;19-,20+,25+,26+/m111/s1. The smallest absolute Gasteiger partial charge is 0.312 e. The third-order valence-corrected chi connectivity index (χ3v) is 22.6. The number of carbonyl (C=O) groups excluding carboxylic acids is 11. The summed E-state index contributed by atoms with van der Waals surface area (Å²) in [6.45, 7) is 30.4. The Morgan fingerprint density at radius 3 is 1.14 bits per heavy atom. The molecule has 6 aliphatic heterocycles. The van der Waals surface area contributed by atoms with Crippen LogP contribution in [0.4, 0.5) is 0 Å². The molecule has 12 rings (SSSR count). The topological polar surface area (TPSA) is 381 Å². The number of ether oxygens (including phenoxy) is 4. The first-order chi connectivity index (χ1) is 58.2. The average molecular weight is 1680 g/mol. The molecule has 6 aliphatic rings. The summed E-state index contributed by atoms with van der Waals surface area (Å²) in [6, 6.07) is 18.8. The van der Waals surface area contributed by atoms with Crippen LogP contribution in [0, 0.1) is 29.6 Å². The monoisotopic (exact) mass is 1680 g/mol. The van der Waals surface area contributed by atoms with Gasteiger partial charge in [-0.1, -0.05) is 116 Å². The highest BCUT2D eigenvalue weighted by Gasteiger charge is 2.40. The van der Waals surface area contributed by atoms with Crippen molar-refractivity contribution in [2.24, 2.45) is 29.6 Å². The van der Waals surface area contributed by atoms with E-state index in [1.165, 1.54) is 22.1 Å². The van der Waals surface area contributed by atoms with Crippen LogP contribution in [-0.4, -0.2) is 182 Å². The van der Waals surface area contributed by atoms with Gasteiger partial charge in [0.2, 0.25) is 17.7 Å². The Labute approximate surface area is 714 Å². The van der Waals surface area contributed by atoms with Crippen LogP contribution in [0.3, 0.4) is 0 Å². The number of carbonyl (C=O) groups is 11. The zero-order chi connectivity index (χ0) is 88.3. The number of amides is 9. The Morgan fingerprint density at radius 2 is 0.779 bits per heavy atom. The molecule has 3 aromatic carbocycles. The van der Waals surface area contributed by atoms with Gasteiger partial charge in [0, 0.05) is 67.9 Å². The first kappa shape index (κ1) is 92.9. The Balaban J connectivity index is 0.000000192. The number of hydrogen-bond acceptors (Lipinski definition) is 21. The molecular formula is C92H121N15O15. The summed E-state index contributed by atoms with van der Waals surface area (Å²) in [6.07, 6.45) is 18.8. The fourth-order valence-electron chi connectivity index (χ4n) is 15.3. The predicted molar refractivity (Wildman–Crippen MR) is 464 cm³/mol. The third kappa shape index (κ3) is 24.5. The number of cyclic esters (lactones) is 2. The van der Waals surface area contributed by atoms with E-state index in [-0.39, 0.29) is 77.2 Å². The first-order valence-electron chi connectivity index (χ1n) is 42.7. The molecular weight excluding hydrogens is 1560 g/mol. The van der Waals surface area contributed by atoms with Gasteiger partial charge >= 0.3 is 11.9 Å². The number of nitrogens with one attached hydrogen (secondary N) is 9. The second kappa shape index (κ2) is 42.9. The van der Waals surface area contributed by atoms with Gasteiger partial charge in [-0.15, -0.1) is 0 Å². The lowest BCUT2D eigenvalue weighted by molar-refractivity contribution is -0.165. The maximum Gasteiger partial charge on any atom is 0.312 e. The highest BCUT2D eigenvalue weighted by molar-refractivity contribution is 5.94. The van der Waals surface area contributed by atoms with Gasteiger partial charge in [-0.05, 0) is 205 Å². The Kier molecular flexibility index (Phi) is 32.7. The summed E-state index contributed by atoms with van der Waals surface area (Å²) in [4.78, 5) is 159. The predicted octanol–water partition coefficient (Wildman–Crippen LogP) is 9.86. The van der Waals surface area contributed by atoms with Gasteiger partial charge in [-0.2, -0.15) is 0 Å². The van der Waals surface area contributed by atoms with Gasteiger partial charge in [0.15, 0.2) is 18.3 Å². The molecule has 15 bridgehead atoms. The second-order valence-electron chi connectivity index (χ2n) is 33.6. The quantitative estimate of drug-likeness (QED) is 0.0700. The first-order valence-corrected chi connectivity index (χ1v) is 42.7. The van der Waals surface area contributed by atoms with Crippen molar-refractivity contribution in [1.29, 1.82) is 0 Å². The van der Waals surface area contributed by atoms with E-state index in [0.717, 1.165) is 66.8 Å². The summed E-state index contributed by atoms with van der Waals surface area (Å²) in [7, 11) is 1.50. The molecule has 30 heteroatoms. The number of esters is 2. The van der Waals surface area contributed by atoms with E-state index in [9.17, 15) is 52.7 Å². The fourth-order valence-corrected chi connectivity index (χ4v) is 15.3. The van der Waals surface area contributed by atoms with Crippen LogP contribution in [0.25, 0.3) is 50.5 Å². The zero-order valence-electron chi connectivity index (χ0n) is 72.7. The lowest BCUT2D eigenvalue weighted by Crippen LogP contribution is -2.61. The molecule has 3 aromatic heterocycles. The molecule has 15 atom stereocenters. The minimum Gasteiger partial charge on any atom is -0.485 e. The highest BCUT2D eigenvalue weighted by Crippen LogP contribution is 2.29. The fraction of sp³-hybridized carbons (Fsp3) is 0.500. The van der Waals surface area contributed by atoms with Crippen molar-refractivity contribution in [3.05, 3.63) is 156 Å². The van der Waals surface area contributed by atoms with Crippen LogP contribution < -0.4 is 48.2 Å². The molecule has 9 N–H and O–H groups in total. The minimum atomic E-state index is -1.11. The van der Waals surface area contributed by atoms with Crippen molar-refractivity contribution in [3.8, 4) is 0 Å². The number of rotatable bonds is 6. The number of allylic oxidation sites excluding steroid dienone is 2. The van der Waals surface area contributed by atoms with E-state index in [1.54, 1.807) is 73.7 Å². The number of methoxy groups -OCH3 is 1. The molecule has 9 heterocycles. The summed E-state index contributed by atoms with van der Waals surface area (Å²) in [5.41, 5.74) is 14.2. The Hall–Kier alpha value is -11.3. The molecule has 0 saturated carbocycles. The van der Waals surface area contributed by atoms with Crippen molar-refractivity contribution in [1.82, 2.24) is 78.2 Å². The number of pyridine rings is 3. The van der Waals surface area contributed by atoms with Gasteiger partial charge in [-0.25, -0.2) is 16.3 Å². The molecule has 0 radical (unpaired) electrons. The van der Waals surface area contributed by atoms with Crippen molar-refractivity contribution in [2.75, 3.05) is 26.7 Å². The number of aromatic nitrogens is 3. The Bertz CT molecular complexity index is 4850. The van der Waals surface area contributed by atoms with Crippen LogP contribution in [0.2, 0.25) is 0 Å².